The first-order valence-corrected chi connectivity index (χ1v) is 9.92. The van der Waals surface area contributed by atoms with Gasteiger partial charge in [0.15, 0.2) is 0 Å². The van der Waals surface area contributed by atoms with Crippen molar-refractivity contribution >= 4 is 35.4 Å². The van der Waals surface area contributed by atoms with Crippen LogP contribution in [0, 0.1) is 35.8 Å². The molecule has 0 spiro atoms. The first kappa shape index (κ1) is 30.0. The average Bonchev–Trinajstić information content (AvgIpc) is 2.75. The van der Waals surface area contributed by atoms with Gasteiger partial charge in [-0.2, -0.15) is 11.8 Å². The molecule has 1 N–H and O–H groups in total. The van der Waals surface area contributed by atoms with Crippen LogP contribution in [-0.4, -0.2) is 90.0 Å². The number of hydrogen-bond acceptors (Lipinski definition) is 16. The Morgan fingerprint density at radius 1 is 0.912 bits per heavy atom. The number of esters is 2. The van der Waals surface area contributed by atoms with Gasteiger partial charge in [-0.1, -0.05) is 0 Å². The van der Waals surface area contributed by atoms with Crippen molar-refractivity contribution in [3.05, 3.63) is 30.3 Å². The highest BCUT2D eigenvalue weighted by atomic mass is 32.2. The van der Waals surface area contributed by atoms with Crippen LogP contribution in [0.15, 0.2) is 0 Å². The molecule has 0 fully saturated rings. The minimum atomic E-state index is -2.11. The Morgan fingerprint density at radius 3 is 1.76 bits per heavy atom. The van der Waals surface area contributed by atoms with E-state index in [4.69, 9.17) is 0 Å². The lowest BCUT2D eigenvalue weighted by molar-refractivity contribution is -0.782. The minimum absolute atomic E-state index is 0.154. The molecule has 20 heteroatoms. The van der Waals surface area contributed by atoms with Gasteiger partial charge in [-0.3, -0.25) is 9.59 Å². The zero-order valence-corrected chi connectivity index (χ0v) is 18.5. The second-order valence-corrected chi connectivity index (χ2v) is 7.31. The first-order valence-electron chi connectivity index (χ1n) is 8.76. The fraction of sp³-hybridized carbons (Fsp3) is 0.714. The summed E-state index contributed by atoms with van der Waals surface area (Å²) in [5, 5.41) is 29.8. The number of methoxy groups -OCH3 is 1. The lowest BCUT2D eigenvalue weighted by Crippen LogP contribution is -2.44. The van der Waals surface area contributed by atoms with Crippen LogP contribution in [0.1, 0.15) is 6.92 Å². The molecule has 0 aliphatic heterocycles. The predicted octanol–water partition coefficient (Wildman–Crippen LogP) is -1.88. The van der Waals surface area contributed by atoms with Crippen molar-refractivity contribution in [2.75, 3.05) is 45.0 Å². The van der Waals surface area contributed by atoms with E-state index in [0.717, 1.165) is 25.8 Å². The molecule has 0 heterocycles. The lowest BCUT2D eigenvalue weighted by atomic mass is 9.92. The Balaban J connectivity index is 5.13. The highest BCUT2D eigenvalue weighted by molar-refractivity contribution is 8.00. The number of amides is 1. The van der Waals surface area contributed by atoms with E-state index in [2.05, 4.69) is 29.3 Å². The van der Waals surface area contributed by atoms with Gasteiger partial charge in [-0.05, 0) is 0 Å². The Labute approximate surface area is 193 Å². The van der Waals surface area contributed by atoms with Crippen molar-refractivity contribution in [2.24, 2.45) is 5.41 Å². The summed E-state index contributed by atoms with van der Waals surface area (Å²) in [6, 6.07) is -1.11. The molecule has 0 aliphatic carbocycles. The van der Waals surface area contributed by atoms with Crippen LogP contribution in [0.3, 0.4) is 0 Å². The smallest absolute Gasteiger partial charge is 0.375 e. The van der Waals surface area contributed by atoms with Crippen LogP contribution >= 0.6 is 11.8 Å². The highest BCUT2D eigenvalue weighted by Gasteiger charge is 2.38. The number of ketones is 1. The number of nitrogens with one attached hydrogen (secondary N) is 1. The zero-order valence-electron chi connectivity index (χ0n) is 17.7. The van der Waals surface area contributed by atoms with Crippen LogP contribution in [-0.2, 0) is 43.2 Å². The summed E-state index contributed by atoms with van der Waals surface area (Å²) < 4.78 is 9.18. The van der Waals surface area contributed by atoms with Gasteiger partial charge in [-0.15, -0.1) is 30.3 Å². The number of thioether (sulfide) groups is 1. The van der Waals surface area contributed by atoms with E-state index >= 15 is 0 Å². The van der Waals surface area contributed by atoms with Gasteiger partial charge >= 0.3 is 11.9 Å². The largest absolute Gasteiger partial charge is 0.467 e. The predicted molar refractivity (Wildman–Crippen MR) is 104 cm³/mol. The topological polar surface area (TPSA) is 256 Å². The minimum Gasteiger partial charge on any atom is -0.467 e. The number of hydrogen-bond donors (Lipinski definition) is 1. The quantitative estimate of drug-likeness (QED) is 0.0904. The maximum absolute atomic E-state index is 12.0. The third kappa shape index (κ3) is 12.8. The van der Waals surface area contributed by atoms with Crippen molar-refractivity contribution in [2.45, 2.75) is 13.0 Å². The van der Waals surface area contributed by atoms with Gasteiger partial charge in [0.05, 0.1) is 18.3 Å². The summed E-state index contributed by atoms with van der Waals surface area (Å²) in [7, 11) is 1.07. The molecule has 0 radical (unpaired) electrons. The van der Waals surface area contributed by atoms with Gasteiger partial charge < -0.3 is 29.3 Å². The molecule has 0 unspecified atom stereocenters. The van der Waals surface area contributed by atoms with Crippen molar-refractivity contribution in [1.29, 1.82) is 0 Å². The third-order valence-electron chi connectivity index (χ3n) is 3.55. The summed E-state index contributed by atoms with van der Waals surface area (Å²) in [4.78, 5) is 90.4. The second-order valence-electron chi connectivity index (χ2n) is 6.28. The van der Waals surface area contributed by atoms with Gasteiger partial charge in [0.1, 0.15) is 32.5 Å². The molecule has 0 aromatic carbocycles. The Morgan fingerprint density at radius 2 is 1.38 bits per heavy atom. The third-order valence-corrected chi connectivity index (χ3v) is 4.58. The molecule has 0 saturated carbocycles. The van der Waals surface area contributed by atoms with Gasteiger partial charge in [0, 0.05) is 12.7 Å². The number of carbonyl (C=O) groups is 4. The van der Waals surface area contributed by atoms with E-state index in [9.17, 15) is 49.5 Å². The molecular formula is C14H20N4O15S. The standard InChI is InChI=1S/C14H20N4O15S/c1-9(19)15-10(12(21)29-2)3-34-4-11(20)13(22)30-5-14(6-31-16(23)24,7-32-17(25)26)8-33-18(27)28/h10H,3-8H2,1-2H3,(H,15,19)/t10-/m1/s1. The molecular weight excluding hydrogens is 496 g/mol. The monoisotopic (exact) mass is 516 g/mol. The van der Waals surface area contributed by atoms with Crippen LogP contribution < -0.4 is 5.32 Å². The molecule has 0 saturated heterocycles. The van der Waals surface area contributed by atoms with Crippen LogP contribution in [0.4, 0.5) is 0 Å². The molecule has 0 rings (SSSR count). The van der Waals surface area contributed by atoms with Gasteiger partial charge in [-0.25, -0.2) is 9.59 Å². The number of carbonyl (C=O) groups excluding carboxylic acids is 4. The van der Waals surface area contributed by atoms with Crippen molar-refractivity contribution in [3.8, 4) is 0 Å². The molecule has 19 nitrogen and oxygen atoms in total. The first-order chi connectivity index (χ1) is 15.8. The summed E-state index contributed by atoms with van der Waals surface area (Å²) in [6.07, 6.45) is 0. The Hall–Kier alpha value is -3.97. The van der Waals surface area contributed by atoms with Crippen LogP contribution in [0.5, 0.6) is 0 Å². The normalized spacial score (nSPS) is 11.4. The Kier molecular flexibility index (Phi) is 13.2. The highest BCUT2D eigenvalue weighted by Crippen LogP contribution is 2.21. The van der Waals surface area contributed by atoms with Crippen LogP contribution in [0.2, 0.25) is 0 Å². The zero-order chi connectivity index (χ0) is 26.3. The molecule has 1 amide bonds. The maximum atomic E-state index is 12.0. The van der Waals surface area contributed by atoms with E-state index in [1.54, 1.807) is 0 Å². The molecule has 1 atom stereocenters. The number of rotatable bonds is 18. The SMILES string of the molecule is COC(=O)[C@@H](CSCC(=O)C(=O)OCC(CO[N+](=O)[O-])(CO[N+](=O)[O-])CO[N+](=O)[O-])NC(C)=O. The number of nitrogens with zero attached hydrogens (tertiary/aromatic N) is 3. The summed E-state index contributed by atoms with van der Waals surface area (Å²) in [5.41, 5.74) is -2.11. The lowest BCUT2D eigenvalue weighted by Gasteiger charge is -2.29. The van der Waals surface area contributed by atoms with Crippen molar-refractivity contribution in [1.82, 2.24) is 5.32 Å². The van der Waals surface area contributed by atoms with Gasteiger partial charge in [0.2, 0.25) is 11.7 Å². The average molecular weight is 516 g/mol. The second kappa shape index (κ2) is 15.0. The van der Waals surface area contributed by atoms with Crippen molar-refractivity contribution < 1.29 is 58.4 Å². The summed E-state index contributed by atoms with van der Waals surface area (Å²) in [5.74, 6) is -4.71. The van der Waals surface area contributed by atoms with Crippen molar-refractivity contribution in [3.63, 3.8) is 0 Å². The fourth-order valence-electron chi connectivity index (χ4n) is 2.00. The molecule has 34 heavy (non-hydrogen) atoms. The van der Waals surface area contributed by atoms with Crippen LogP contribution in [0.25, 0.3) is 0 Å². The van der Waals surface area contributed by atoms with E-state index in [-0.39, 0.29) is 5.75 Å². The van der Waals surface area contributed by atoms with Gasteiger partial charge in [0.25, 0.3) is 15.3 Å². The Bertz CT molecular complexity index is 746. The molecule has 0 aromatic rings. The molecule has 192 valence electrons. The summed E-state index contributed by atoms with van der Waals surface area (Å²) in [6.45, 7) is -3.15. The maximum Gasteiger partial charge on any atom is 0.375 e. The molecule has 0 bridgehead atoms. The van der Waals surface area contributed by atoms with E-state index in [0.29, 0.717) is 0 Å². The van der Waals surface area contributed by atoms with E-state index in [1.807, 2.05) is 0 Å². The number of Topliss-reactive ketones (excluding diaryl/α,β-unsaturated/α-hetero) is 1. The van der Waals surface area contributed by atoms with E-state index < -0.39 is 82.5 Å². The molecule has 0 aromatic heterocycles. The summed E-state index contributed by atoms with van der Waals surface area (Å²) >= 11 is 0.751. The molecule has 0 aliphatic rings. The fourth-order valence-corrected chi connectivity index (χ4v) is 2.88. The number of ether oxygens (including phenoxy) is 2. The van der Waals surface area contributed by atoms with E-state index in [1.165, 1.54) is 0 Å².